The van der Waals surface area contributed by atoms with Gasteiger partial charge in [-0.3, -0.25) is 9.59 Å². The van der Waals surface area contributed by atoms with Crippen LogP contribution in [0.15, 0.2) is 0 Å². The van der Waals surface area contributed by atoms with Gasteiger partial charge in [0.15, 0.2) is 5.67 Å². The maximum atomic E-state index is 14.0. The zero-order valence-corrected chi connectivity index (χ0v) is 13.5. The van der Waals surface area contributed by atoms with Crippen LogP contribution in [-0.2, 0) is 14.3 Å². The van der Waals surface area contributed by atoms with Gasteiger partial charge < -0.3 is 19.4 Å². The van der Waals surface area contributed by atoms with E-state index in [2.05, 4.69) is 11.9 Å². The Morgan fingerprint density at radius 3 is 2.43 bits per heavy atom. The normalized spacial score (nSPS) is 36.2. The average Bonchev–Trinajstić information content (AvgIpc) is 3.23. The number of likely N-dealkylation sites (N-methyl/N-ethyl adjacent to an activating group) is 1. The molecule has 4 aliphatic rings. The summed E-state index contributed by atoms with van der Waals surface area (Å²) in [5.74, 6) is -0.444. The minimum atomic E-state index is -1.63. The van der Waals surface area contributed by atoms with Crippen molar-refractivity contribution in [3.8, 4) is 0 Å². The van der Waals surface area contributed by atoms with E-state index in [-0.39, 0.29) is 24.0 Å². The van der Waals surface area contributed by atoms with Gasteiger partial charge in [0.25, 0.3) is 5.91 Å². The zero-order chi connectivity index (χ0) is 16.2. The Bertz CT molecular complexity index is 517. The molecule has 3 atom stereocenters. The number of ether oxygens (including phenoxy) is 1. The van der Waals surface area contributed by atoms with E-state index in [9.17, 15) is 14.0 Å². The minimum Gasteiger partial charge on any atom is -0.370 e. The molecule has 4 fully saturated rings. The van der Waals surface area contributed by atoms with Crippen LogP contribution in [0.1, 0.15) is 19.3 Å². The van der Waals surface area contributed by atoms with Crippen LogP contribution in [0.5, 0.6) is 0 Å². The third-order valence-corrected chi connectivity index (χ3v) is 5.65. The summed E-state index contributed by atoms with van der Waals surface area (Å²) in [7, 11) is 2.06. The van der Waals surface area contributed by atoms with Crippen LogP contribution >= 0.6 is 0 Å². The second-order valence-corrected chi connectivity index (χ2v) is 7.44. The van der Waals surface area contributed by atoms with E-state index in [1.807, 2.05) is 4.90 Å². The van der Waals surface area contributed by atoms with Crippen LogP contribution in [0.25, 0.3) is 0 Å². The number of amides is 2. The van der Waals surface area contributed by atoms with Crippen molar-refractivity contribution >= 4 is 11.8 Å². The summed E-state index contributed by atoms with van der Waals surface area (Å²) in [4.78, 5) is 30.7. The van der Waals surface area contributed by atoms with Crippen LogP contribution in [0.3, 0.4) is 0 Å². The first-order valence-electron chi connectivity index (χ1n) is 8.57. The number of nitrogens with zero attached hydrogens (tertiary/aromatic N) is 3. The molecule has 1 aliphatic carbocycles. The Hall–Kier alpha value is -1.21. The summed E-state index contributed by atoms with van der Waals surface area (Å²) in [6.45, 7) is 4.06. The molecule has 3 unspecified atom stereocenters. The summed E-state index contributed by atoms with van der Waals surface area (Å²) in [6.07, 6.45) is 0.928. The summed E-state index contributed by atoms with van der Waals surface area (Å²) in [6, 6.07) is 0. The Morgan fingerprint density at radius 2 is 1.78 bits per heavy atom. The van der Waals surface area contributed by atoms with Crippen molar-refractivity contribution < 1.29 is 18.7 Å². The number of piperazine rings is 1. The fourth-order valence-electron chi connectivity index (χ4n) is 3.95. The predicted molar refractivity (Wildman–Crippen MR) is 80.5 cm³/mol. The maximum Gasteiger partial charge on any atom is 0.260 e. The number of morpholine rings is 1. The van der Waals surface area contributed by atoms with Crippen LogP contribution in [0, 0.1) is 5.92 Å². The molecular weight excluding hydrogens is 301 g/mol. The number of likely N-dealkylation sites (tertiary alicyclic amines) is 1. The second-order valence-electron chi connectivity index (χ2n) is 7.44. The van der Waals surface area contributed by atoms with E-state index in [0.717, 1.165) is 26.2 Å². The van der Waals surface area contributed by atoms with Crippen LogP contribution in [0.2, 0.25) is 0 Å². The molecule has 6 nitrogen and oxygen atoms in total. The van der Waals surface area contributed by atoms with Gasteiger partial charge in [-0.15, -0.1) is 0 Å². The molecule has 0 radical (unpaired) electrons. The molecule has 0 spiro atoms. The fourth-order valence-corrected chi connectivity index (χ4v) is 3.95. The molecule has 1 saturated carbocycles. The first kappa shape index (κ1) is 15.3. The molecule has 0 N–H and O–H groups in total. The Labute approximate surface area is 135 Å². The van der Waals surface area contributed by atoms with Crippen molar-refractivity contribution in [2.24, 2.45) is 5.92 Å². The Kier molecular flexibility index (Phi) is 3.61. The molecule has 0 aromatic rings. The van der Waals surface area contributed by atoms with Gasteiger partial charge in [-0.1, -0.05) is 0 Å². The molecule has 2 amide bonds. The Morgan fingerprint density at radius 1 is 1.09 bits per heavy atom. The summed E-state index contributed by atoms with van der Waals surface area (Å²) >= 11 is 0. The van der Waals surface area contributed by atoms with E-state index in [1.54, 1.807) is 4.90 Å². The Balaban J connectivity index is 1.40. The highest BCUT2D eigenvalue weighted by molar-refractivity contribution is 5.88. The van der Waals surface area contributed by atoms with Crippen molar-refractivity contribution in [2.45, 2.75) is 37.1 Å². The number of hydrogen-bond donors (Lipinski definition) is 0. The lowest BCUT2D eigenvalue weighted by molar-refractivity contribution is -0.150. The molecule has 23 heavy (non-hydrogen) atoms. The number of carbonyl (C=O) groups excluding carboxylic acids is 2. The van der Waals surface area contributed by atoms with Gasteiger partial charge in [-0.05, 0) is 26.3 Å². The summed E-state index contributed by atoms with van der Waals surface area (Å²) in [5.41, 5.74) is -1.63. The number of carbonyl (C=O) groups is 2. The van der Waals surface area contributed by atoms with Gasteiger partial charge >= 0.3 is 0 Å². The molecule has 3 aliphatic heterocycles. The standard InChI is InChI=1S/C16H24FN3O3/c1-18-4-6-19(7-5-18)14(21)12-8-11-9-20(10-13(12)23-11)15(22)16(17)2-3-16/h11-13H,2-10H2,1H3. The molecule has 2 bridgehead atoms. The lowest BCUT2D eigenvalue weighted by Crippen LogP contribution is -2.52. The topological polar surface area (TPSA) is 53.1 Å². The number of hydrogen-bond acceptors (Lipinski definition) is 4. The van der Waals surface area contributed by atoms with Crippen LogP contribution < -0.4 is 0 Å². The fraction of sp³-hybridized carbons (Fsp3) is 0.875. The lowest BCUT2D eigenvalue weighted by atomic mass is 9.98. The second kappa shape index (κ2) is 5.41. The molecule has 4 rings (SSSR count). The maximum absolute atomic E-state index is 14.0. The lowest BCUT2D eigenvalue weighted by Gasteiger charge is -2.36. The van der Waals surface area contributed by atoms with Gasteiger partial charge in [0, 0.05) is 39.3 Å². The van der Waals surface area contributed by atoms with E-state index < -0.39 is 11.6 Å². The van der Waals surface area contributed by atoms with Gasteiger partial charge in [-0.2, -0.15) is 0 Å². The van der Waals surface area contributed by atoms with E-state index >= 15 is 0 Å². The van der Waals surface area contributed by atoms with E-state index in [0.29, 0.717) is 32.4 Å². The third kappa shape index (κ3) is 2.74. The van der Waals surface area contributed by atoms with Crippen LogP contribution in [0.4, 0.5) is 4.39 Å². The average molecular weight is 325 g/mol. The number of rotatable bonds is 2. The molecule has 0 aromatic carbocycles. The highest BCUT2D eigenvalue weighted by Crippen LogP contribution is 2.43. The van der Waals surface area contributed by atoms with Crippen molar-refractivity contribution in [1.82, 2.24) is 14.7 Å². The summed E-state index contributed by atoms with van der Waals surface area (Å²) < 4.78 is 19.9. The quantitative estimate of drug-likeness (QED) is 0.710. The smallest absolute Gasteiger partial charge is 0.260 e. The van der Waals surface area contributed by atoms with Crippen molar-refractivity contribution in [3.63, 3.8) is 0 Å². The number of alkyl halides is 1. The molecule has 0 aromatic heterocycles. The largest absolute Gasteiger partial charge is 0.370 e. The molecule has 7 heteroatoms. The predicted octanol–water partition coefficient (Wildman–Crippen LogP) is -0.122. The van der Waals surface area contributed by atoms with Gasteiger partial charge in [0.2, 0.25) is 5.91 Å². The first-order valence-corrected chi connectivity index (χ1v) is 8.57. The van der Waals surface area contributed by atoms with Gasteiger partial charge in [0.05, 0.1) is 18.1 Å². The highest BCUT2D eigenvalue weighted by Gasteiger charge is 2.56. The van der Waals surface area contributed by atoms with Crippen LogP contribution in [-0.4, -0.2) is 90.7 Å². The SMILES string of the molecule is CN1CCN(C(=O)C2CC3CN(C(=O)C4(F)CC4)CC2O3)CC1. The third-order valence-electron chi connectivity index (χ3n) is 5.65. The molecule has 3 saturated heterocycles. The van der Waals surface area contributed by atoms with Gasteiger partial charge in [-0.25, -0.2) is 4.39 Å². The number of fused-ring (bicyclic) bond motifs is 2. The summed E-state index contributed by atoms with van der Waals surface area (Å²) in [5, 5.41) is 0. The van der Waals surface area contributed by atoms with Crippen molar-refractivity contribution in [2.75, 3.05) is 46.3 Å². The van der Waals surface area contributed by atoms with Gasteiger partial charge in [0.1, 0.15) is 0 Å². The minimum absolute atomic E-state index is 0.124. The van der Waals surface area contributed by atoms with E-state index in [1.165, 1.54) is 0 Å². The zero-order valence-electron chi connectivity index (χ0n) is 13.5. The molecule has 3 heterocycles. The first-order chi connectivity index (χ1) is 11.0. The highest BCUT2D eigenvalue weighted by atomic mass is 19.1. The van der Waals surface area contributed by atoms with E-state index in [4.69, 9.17) is 4.74 Å². The molecular formula is C16H24FN3O3. The number of halogens is 1. The molecule has 128 valence electrons. The monoisotopic (exact) mass is 325 g/mol. The van der Waals surface area contributed by atoms with Crippen molar-refractivity contribution in [3.05, 3.63) is 0 Å². The van der Waals surface area contributed by atoms with Crippen molar-refractivity contribution in [1.29, 1.82) is 0 Å².